The van der Waals surface area contributed by atoms with E-state index in [0.29, 0.717) is 19.0 Å². The molecule has 1 aliphatic carbocycles. The molecular formula is C16H17FN4O. The predicted molar refractivity (Wildman–Crippen MR) is 78.8 cm³/mol. The highest BCUT2D eigenvalue weighted by atomic mass is 19.1. The summed E-state index contributed by atoms with van der Waals surface area (Å²) in [6, 6.07) is 1.49. The van der Waals surface area contributed by atoms with Crippen molar-refractivity contribution in [2.45, 2.75) is 38.3 Å². The molecule has 2 aromatic heterocycles. The molecule has 0 saturated heterocycles. The highest BCUT2D eigenvalue weighted by Gasteiger charge is 2.29. The molecule has 1 saturated carbocycles. The van der Waals surface area contributed by atoms with E-state index in [1.165, 1.54) is 12.3 Å². The number of hydrogen-bond donors (Lipinski definition) is 1. The lowest BCUT2D eigenvalue weighted by Gasteiger charge is -2.27. The number of hydrogen-bond acceptors (Lipinski definition) is 4. The van der Waals surface area contributed by atoms with Crippen LogP contribution in [0.1, 0.15) is 41.4 Å². The van der Waals surface area contributed by atoms with Crippen LogP contribution in [0.5, 0.6) is 0 Å². The molecule has 114 valence electrons. The lowest BCUT2D eigenvalue weighted by atomic mass is 10.1. The Balaban J connectivity index is 1.55. The molecule has 2 aliphatic rings. The Labute approximate surface area is 127 Å². The molecule has 0 amide bonds. The van der Waals surface area contributed by atoms with Crippen LogP contribution in [0.2, 0.25) is 0 Å². The number of rotatable bonds is 3. The summed E-state index contributed by atoms with van der Waals surface area (Å²) in [5.41, 5.74) is 2.48. The lowest BCUT2D eigenvalue weighted by Crippen LogP contribution is -2.35. The quantitative estimate of drug-likeness (QED) is 0.938. The van der Waals surface area contributed by atoms with E-state index >= 15 is 0 Å². The molecule has 2 aromatic rings. The highest BCUT2D eigenvalue weighted by molar-refractivity contribution is 5.23. The molecule has 1 aliphatic heterocycles. The zero-order valence-electron chi connectivity index (χ0n) is 12.2. The van der Waals surface area contributed by atoms with E-state index in [9.17, 15) is 9.18 Å². The average molecular weight is 300 g/mol. The van der Waals surface area contributed by atoms with Gasteiger partial charge in [-0.1, -0.05) is 0 Å². The highest BCUT2D eigenvalue weighted by Crippen LogP contribution is 2.37. The summed E-state index contributed by atoms with van der Waals surface area (Å²) >= 11 is 0. The number of nitrogens with one attached hydrogen (secondary N) is 1. The molecule has 0 radical (unpaired) electrons. The van der Waals surface area contributed by atoms with Crippen molar-refractivity contribution < 1.29 is 4.39 Å². The summed E-state index contributed by atoms with van der Waals surface area (Å²) < 4.78 is 13.2. The number of H-pyrrole nitrogens is 1. The largest absolute Gasteiger partial charge is 0.310 e. The van der Waals surface area contributed by atoms with Crippen LogP contribution in [-0.2, 0) is 19.5 Å². The first-order valence-electron chi connectivity index (χ1n) is 7.63. The number of fused-ring (bicyclic) bond motifs is 1. The van der Waals surface area contributed by atoms with Crippen LogP contribution in [0.4, 0.5) is 4.39 Å². The number of pyridine rings is 1. The summed E-state index contributed by atoms with van der Waals surface area (Å²) in [5, 5.41) is 0. The monoisotopic (exact) mass is 300 g/mol. The maximum Gasteiger partial charge on any atom is 0.255 e. The number of nitrogens with zero attached hydrogens (tertiary/aromatic N) is 3. The Hall–Kier alpha value is -2.08. The fourth-order valence-corrected chi connectivity index (χ4v) is 2.99. The molecular weight excluding hydrogens is 283 g/mol. The molecule has 22 heavy (non-hydrogen) atoms. The van der Waals surface area contributed by atoms with Crippen molar-refractivity contribution >= 4 is 0 Å². The van der Waals surface area contributed by atoms with Crippen molar-refractivity contribution in [1.82, 2.24) is 19.9 Å². The third-order valence-electron chi connectivity index (χ3n) is 4.30. The molecule has 0 unspecified atom stereocenters. The first-order valence-corrected chi connectivity index (χ1v) is 7.63. The van der Waals surface area contributed by atoms with Crippen molar-refractivity contribution in [3.05, 3.63) is 57.3 Å². The van der Waals surface area contributed by atoms with Gasteiger partial charge >= 0.3 is 0 Å². The number of aromatic amines is 1. The van der Waals surface area contributed by atoms with Gasteiger partial charge in [0, 0.05) is 38.2 Å². The summed E-state index contributed by atoms with van der Waals surface area (Å²) in [5.74, 6) is 0.976. The molecule has 4 rings (SSSR count). The zero-order valence-corrected chi connectivity index (χ0v) is 12.2. The van der Waals surface area contributed by atoms with Crippen LogP contribution in [-0.4, -0.2) is 26.4 Å². The van der Waals surface area contributed by atoms with E-state index in [0.717, 1.165) is 48.5 Å². The van der Waals surface area contributed by atoms with Gasteiger partial charge in [0.1, 0.15) is 11.6 Å². The topological polar surface area (TPSA) is 61.9 Å². The maximum atomic E-state index is 13.2. The van der Waals surface area contributed by atoms with Crippen molar-refractivity contribution in [3.8, 4) is 0 Å². The van der Waals surface area contributed by atoms with E-state index in [4.69, 9.17) is 0 Å². The van der Waals surface area contributed by atoms with Crippen LogP contribution >= 0.6 is 0 Å². The van der Waals surface area contributed by atoms with Crippen LogP contribution in [0.25, 0.3) is 0 Å². The molecule has 0 atom stereocenters. The van der Waals surface area contributed by atoms with Gasteiger partial charge in [-0.2, -0.15) is 0 Å². The molecule has 3 heterocycles. The minimum atomic E-state index is -0.330. The van der Waals surface area contributed by atoms with Gasteiger partial charge in [-0.25, -0.2) is 9.37 Å². The van der Waals surface area contributed by atoms with Crippen LogP contribution in [0.3, 0.4) is 0 Å². The van der Waals surface area contributed by atoms with Crippen LogP contribution in [0.15, 0.2) is 23.3 Å². The fourth-order valence-electron chi connectivity index (χ4n) is 2.99. The molecule has 1 N–H and O–H groups in total. The summed E-state index contributed by atoms with van der Waals surface area (Å²) in [7, 11) is 0. The van der Waals surface area contributed by atoms with Crippen molar-refractivity contribution in [2.75, 3.05) is 6.54 Å². The Morgan fingerprint density at radius 2 is 2.23 bits per heavy atom. The van der Waals surface area contributed by atoms with E-state index in [2.05, 4.69) is 19.9 Å². The zero-order chi connectivity index (χ0) is 15.1. The van der Waals surface area contributed by atoms with E-state index in [-0.39, 0.29) is 11.4 Å². The summed E-state index contributed by atoms with van der Waals surface area (Å²) in [6.07, 6.45) is 5.88. The van der Waals surface area contributed by atoms with Gasteiger partial charge in [0.25, 0.3) is 5.56 Å². The summed E-state index contributed by atoms with van der Waals surface area (Å²) in [4.78, 5) is 25.8. The van der Waals surface area contributed by atoms with Gasteiger partial charge in [0.2, 0.25) is 0 Å². The molecule has 0 spiro atoms. The second-order valence-electron chi connectivity index (χ2n) is 6.12. The smallest absolute Gasteiger partial charge is 0.255 e. The fraction of sp³-hybridized carbons (Fsp3) is 0.438. The second-order valence-corrected chi connectivity index (χ2v) is 6.12. The van der Waals surface area contributed by atoms with Crippen molar-refractivity contribution in [1.29, 1.82) is 0 Å². The maximum absolute atomic E-state index is 13.2. The third-order valence-corrected chi connectivity index (χ3v) is 4.30. The lowest BCUT2D eigenvalue weighted by molar-refractivity contribution is 0.241. The first kappa shape index (κ1) is 13.6. The standard InChI is InChI=1S/C16H17FN4O/c17-12-5-10(6-18-7-12)8-21-4-3-14-13(9-21)16(22)20-15(19-14)11-1-2-11/h5-7,11H,1-4,8-9H2,(H,19,20,22). The van der Waals surface area contributed by atoms with E-state index in [1.807, 2.05) is 0 Å². The third kappa shape index (κ3) is 2.66. The van der Waals surface area contributed by atoms with Crippen LogP contribution < -0.4 is 5.56 Å². The Morgan fingerprint density at radius 1 is 1.36 bits per heavy atom. The van der Waals surface area contributed by atoms with Crippen molar-refractivity contribution in [3.63, 3.8) is 0 Å². The molecule has 6 heteroatoms. The Kier molecular flexibility index (Phi) is 3.26. The predicted octanol–water partition coefficient (Wildman–Crippen LogP) is 1.74. The van der Waals surface area contributed by atoms with Gasteiger partial charge in [0.15, 0.2) is 0 Å². The molecule has 0 bridgehead atoms. The molecule has 5 nitrogen and oxygen atoms in total. The van der Waals surface area contributed by atoms with Gasteiger partial charge in [-0.15, -0.1) is 0 Å². The van der Waals surface area contributed by atoms with Crippen LogP contribution in [0, 0.1) is 5.82 Å². The normalized spacial score (nSPS) is 18.2. The Bertz CT molecular complexity index is 769. The molecule has 1 fully saturated rings. The molecule has 0 aromatic carbocycles. The second kappa shape index (κ2) is 5.28. The minimum Gasteiger partial charge on any atom is -0.310 e. The van der Waals surface area contributed by atoms with E-state index in [1.54, 1.807) is 6.20 Å². The van der Waals surface area contributed by atoms with Gasteiger partial charge < -0.3 is 4.98 Å². The van der Waals surface area contributed by atoms with Crippen molar-refractivity contribution in [2.24, 2.45) is 0 Å². The average Bonchev–Trinajstić information content (AvgIpc) is 3.32. The summed E-state index contributed by atoms with van der Waals surface area (Å²) in [6.45, 7) is 1.97. The number of halogens is 1. The Morgan fingerprint density at radius 3 is 3.00 bits per heavy atom. The first-order chi connectivity index (χ1) is 10.7. The van der Waals surface area contributed by atoms with Gasteiger partial charge in [-0.3, -0.25) is 14.7 Å². The number of aromatic nitrogens is 3. The van der Waals surface area contributed by atoms with Gasteiger partial charge in [0.05, 0.1) is 17.5 Å². The SMILES string of the molecule is O=c1[nH]c(C2CC2)nc2c1CN(Cc1cncc(F)c1)CC2. The minimum absolute atomic E-state index is 0.0195. The van der Waals surface area contributed by atoms with Gasteiger partial charge in [-0.05, 0) is 24.5 Å². The van der Waals surface area contributed by atoms with E-state index < -0.39 is 0 Å².